The molecule has 31 heavy (non-hydrogen) atoms. The Bertz CT molecular complexity index is 1040. The van der Waals surface area contributed by atoms with E-state index in [9.17, 15) is 4.79 Å². The van der Waals surface area contributed by atoms with Gasteiger partial charge >= 0.3 is 0 Å². The lowest BCUT2D eigenvalue weighted by molar-refractivity contribution is -0.119. The van der Waals surface area contributed by atoms with Crippen molar-refractivity contribution in [1.82, 2.24) is 9.47 Å². The largest absolute Gasteiger partial charge is 0.339 e. The number of rotatable bonds is 7. The number of aromatic nitrogens is 1. The predicted molar refractivity (Wildman–Crippen MR) is 133 cm³/mol. The summed E-state index contributed by atoms with van der Waals surface area (Å²) in [5, 5.41) is 1.24. The highest BCUT2D eigenvalue weighted by Crippen LogP contribution is 2.43. The van der Waals surface area contributed by atoms with E-state index in [0.29, 0.717) is 6.42 Å². The smallest absolute Gasteiger partial charge is 0.229 e. The number of carbonyl (C=O) groups excluding carboxylic acids is 1. The number of amides is 1. The van der Waals surface area contributed by atoms with Crippen LogP contribution in [0.4, 0.5) is 5.69 Å². The average molecular weight is 440 g/mol. The molecule has 0 aliphatic carbocycles. The molecule has 2 heterocycles. The van der Waals surface area contributed by atoms with Gasteiger partial charge in [0.05, 0.1) is 11.2 Å². The lowest BCUT2D eigenvalue weighted by atomic mass is 10.0. The summed E-state index contributed by atoms with van der Waals surface area (Å²) >= 11 is 0. The Labute approximate surface area is 192 Å². The van der Waals surface area contributed by atoms with Gasteiger partial charge in [-0.2, -0.15) is 0 Å². The number of halogens is 1. The van der Waals surface area contributed by atoms with Gasteiger partial charge in [-0.3, -0.25) is 4.79 Å². The Morgan fingerprint density at radius 1 is 1.03 bits per heavy atom. The highest BCUT2D eigenvalue weighted by atomic mass is 35.5. The average Bonchev–Trinajstić information content (AvgIpc) is 3.00. The zero-order chi connectivity index (χ0) is 21.3. The van der Waals surface area contributed by atoms with E-state index in [1.807, 2.05) is 4.90 Å². The van der Waals surface area contributed by atoms with Gasteiger partial charge in [-0.15, -0.1) is 12.4 Å². The molecule has 166 valence electrons. The van der Waals surface area contributed by atoms with E-state index in [-0.39, 0.29) is 24.4 Å². The van der Waals surface area contributed by atoms with Crippen LogP contribution in [0.1, 0.15) is 45.3 Å². The summed E-state index contributed by atoms with van der Waals surface area (Å²) < 4.78 is 2.40. The van der Waals surface area contributed by atoms with Crippen LogP contribution in [0.2, 0.25) is 0 Å². The van der Waals surface area contributed by atoms with Crippen molar-refractivity contribution in [3.8, 4) is 11.1 Å². The van der Waals surface area contributed by atoms with Crippen molar-refractivity contribution in [2.24, 2.45) is 0 Å². The van der Waals surface area contributed by atoms with E-state index in [2.05, 4.69) is 85.7 Å². The summed E-state index contributed by atoms with van der Waals surface area (Å²) in [6, 6.07) is 17.2. The SMILES string of the molecule is CCN(CC)CCCN1C(=O)CC(C)n2c(C)c(-c3ccccc3)c3cccc1c32.Cl. The van der Waals surface area contributed by atoms with Crippen LogP contribution >= 0.6 is 12.4 Å². The van der Waals surface area contributed by atoms with Crippen LogP contribution in [0.5, 0.6) is 0 Å². The minimum Gasteiger partial charge on any atom is -0.339 e. The first-order valence-corrected chi connectivity index (χ1v) is 11.3. The first-order chi connectivity index (χ1) is 14.6. The zero-order valence-corrected chi connectivity index (χ0v) is 19.9. The molecule has 1 aliphatic rings. The van der Waals surface area contributed by atoms with Gasteiger partial charge < -0.3 is 14.4 Å². The fraction of sp³-hybridized carbons (Fsp3) is 0.423. The summed E-state index contributed by atoms with van der Waals surface area (Å²) in [5.74, 6) is 0.235. The van der Waals surface area contributed by atoms with Gasteiger partial charge in [0.15, 0.2) is 0 Å². The Morgan fingerprint density at radius 3 is 2.42 bits per heavy atom. The standard InChI is InChI=1S/C26H33N3O.ClH/c1-5-27(6-2)16-11-17-28-23-15-10-14-22-25(21-12-8-7-9-13-21)20(4)29(26(22)23)19(3)18-24(28)30;/h7-10,12-15,19H,5-6,11,16-18H2,1-4H3;1H. The van der Waals surface area contributed by atoms with Crippen LogP contribution in [0.25, 0.3) is 22.0 Å². The van der Waals surface area contributed by atoms with E-state index in [1.165, 1.54) is 27.7 Å². The maximum atomic E-state index is 13.2. The molecule has 0 N–H and O–H groups in total. The highest BCUT2D eigenvalue weighted by Gasteiger charge is 2.30. The monoisotopic (exact) mass is 439 g/mol. The first kappa shape index (κ1) is 23.4. The van der Waals surface area contributed by atoms with E-state index < -0.39 is 0 Å². The van der Waals surface area contributed by atoms with Crippen molar-refractivity contribution in [1.29, 1.82) is 0 Å². The Morgan fingerprint density at radius 2 is 1.74 bits per heavy atom. The fourth-order valence-electron chi connectivity index (χ4n) is 5.03. The molecular formula is C26H34ClN3O. The molecule has 4 rings (SSSR count). The van der Waals surface area contributed by atoms with Gasteiger partial charge in [0.2, 0.25) is 5.91 Å². The maximum absolute atomic E-state index is 13.2. The minimum atomic E-state index is 0. The maximum Gasteiger partial charge on any atom is 0.229 e. The topological polar surface area (TPSA) is 28.5 Å². The lowest BCUT2D eigenvalue weighted by Gasteiger charge is -2.24. The van der Waals surface area contributed by atoms with E-state index in [1.54, 1.807) is 0 Å². The van der Waals surface area contributed by atoms with E-state index in [4.69, 9.17) is 0 Å². The Balaban J connectivity index is 0.00000272. The van der Waals surface area contributed by atoms with Gasteiger partial charge in [-0.05, 0) is 51.5 Å². The van der Waals surface area contributed by atoms with Crippen LogP contribution < -0.4 is 4.90 Å². The normalized spacial score (nSPS) is 16.0. The molecule has 1 aliphatic heterocycles. The number of hydrogen-bond donors (Lipinski definition) is 0. The quantitative estimate of drug-likeness (QED) is 0.447. The summed E-state index contributed by atoms with van der Waals surface area (Å²) in [6.07, 6.45) is 1.53. The fourth-order valence-corrected chi connectivity index (χ4v) is 5.03. The third-order valence-electron chi connectivity index (χ3n) is 6.56. The van der Waals surface area contributed by atoms with E-state index >= 15 is 0 Å². The van der Waals surface area contributed by atoms with Gasteiger partial charge in [0.25, 0.3) is 0 Å². The first-order valence-electron chi connectivity index (χ1n) is 11.3. The molecule has 1 atom stereocenters. The van der Waals surface area contributed by atoms with Crippen molar-refractivity contribution >= 4 is 34.9 Å². The summed E-state index contributed by atoms with van der Waals surface area (Å²) in [4.78, 5) is 17.7. The molecule has 0 radical (unpaired) electrons. The zero-order valence-electron chi connectivity index (χ0n) is 19.1. The van der Waals surface area contributed by atoms with Gasteiger partial charge in [-0.1, -0.05) is 56.3 Å². The third-order valence-corrected chi connectivity index (χ3v) is 6.56. The predicted octanol–water partition coefficient (Wildman–Crippen LogP) is 6.07. The molecule has 4 nitrogen and oxygen atoms in total. The summed E-state index contributed by atoms with van der Waals surface area (Å²) in [6.45, 7) is 12.7. The molecular weight excluding hydrogens is 406 g/mol. The molecule has 1 aromatic heterocycles. The van der Waals surface area contributed by atoms with Crippen molar-refractivity contribution < 1.29 is 4.79 Å². The molecule has 1 unspecified atom stereocenters. The second kappa shape index (κ2) is 9.88. The number of carbonyl (C=O) groups is 1. The molecule has 0 spiro atoms. The van der Waals surface area contributed by atoms with Crippen molar-refractivity contribution in [2.45, 2.75) is 46.6 Å². The molecule has 3 aromatic rings. The number of para-hydroxylation sites is 1. The molecule has 0 fully saturated rings. The van der Waals surface area contributed by atoms with Crippen molar-refractivity contribution in [2.75, 3.05) is 31.1 Å². The third kappa shape index (κ3) is 4.24. The Kier molecular flexibility index (Phi) is 7.45. The molecule has 5 heteroatoms. The number of benzene rings is 2. The second-order valence-electron chi connectivity index (χ2n) is 8.35. The van der Waals surface area contributed by atoms with Crippen molar-refractivity contribution in [3.05, 3.63) is 54.2 Å². The van der Waals surface area contributed by atoms with Crippen LogP contribution in [0.15, 0.2) is 48.5 Å². The van der Waals surface area contributed by atoms with Gasteiger partial charge in [-0.25, -0.2) is 0 Å². The Hall–Kier alpha value is -2.30. The van der Waals surface area contributed by atoms with Gasteiger partial charge in [0.1, 0.15) is 0 Å². The van der Waals surface area contributed by atoms with Crippen LogP contribution in [-0.2, 0) is 4.79 Å². The second-order valence-corrected chi connectivity index (χ2v) is 8.35. The molecule has 0 saturated carbocycles. The summed E-state index contributed by atoms with van der Waals surface area (Å²) in [7, 11) is 0. The number of nitrogens with zero attached hydrogens (tertiary/aromatic N) is 3. The van der Waals surface area contributed by atoms with Crippen LogP contribution in [0.3, 0.4) is 0 Å². The lowest BCUT2D eigenvalue weighted by Crippen LogP contribution is -2.34. The number of anilines is 1. The molecule has 1 amide bonds. The molecule has 2 aromatic carbocycles. The summed E-state index contributed by atoms with van der Waals surface area (Å²) in [5.41, 5.74) is 6.04. The van der Waals surface area contributed by atoms with Crippen molar-refractivity contribution in [3.63, 3.8) is 0 Å². The molecule has 0 saturated heterocycles. The van der Waals surface area contributed by atoms with Gasteiger partial charge in [0, 0.05) is 35.7 Å². The van der Waals surface area contributed by atoms with Crippen LogP contribution in [0, 0.1) is 6.92 Å². The minimum absolute atomic E-state index is 0. The molecule has 0 bridgehead atoms. The highest BCUT2D eigenvalue weighted by molar-refractivity contribution is 6.09. The van der Waals surface area contributed by atoms with E-state index in [0.717, 1.165) is 38.3 Å². The van der Waals surface area contributed by atoms with Crippen LogP contribution in [-0.4, -0.2) is 41.6 Å². The number of hydrogen-bond acceptors (Lipinski definition) is 2.